The van der Waals surface area contributed by atoms with Gasteiger partial charge in [-0.2, -0.15) is 5.10 Å². The molecule has 2 rings (SSSR count). The molecule has 0 unspecified atom stereocenters. The number of rotatable bonds is 6. The standard InChI is InChI=1S/C16H18Cl2N4O3/c1-8(2)11-6-12(23)21-16(20-11)22-19-7-9-5-10(17)15(25-4)13(18)14(9)24-3/h5-8H,1-4H3,(H2,20,21,22,23)/b19-7-. The third kappa shape index (κ3) is 4.43. The van der Waals surface area contributed by atoms with Gasteiger partial charge in [0.2, 0.25) is 5.95 Å². The number of ether oxygens (including phenoxy) is 2. The molecule has 0 aliphatic rings. The molecule has 1 aromatic carbocycles. The van der Waals surface area contributed by atoms with Gasteiger partial charge in [-0.1, -0.05) is 37.0 Å². The lowest BCUT2D eigenvalue weighted by molar-refractivity contribution is 0.394. The number of hydrazone groups is 1. The molecule has 0 radical (unpaired) electrons. The van der Waals surface area contributed by atoms with Crippen LogP contribution in [0.1, 0.15) is 31.0 Å². The van der Waals surface area contributed by atoms with Gasteiger partial charge in [0.1, 0.15) is 10.8 Å². The molecule has 0 atom stereocenters. The smallest absolute Gasteiger partial charge is 0.252 e. The molecular formula is C16H18Cl2N4O3. The lowest BCUT2D eigenvalue weighted by Crippen LogP contribution is -2.12. The van der Waals surface area contributed by atoms with E-state index < -0.39 is 0 Å². The lowest BCUT2D eigenvalue weighted by Gasteiger charge is -2.12. The number of nitrogens with zero attached hydrogens (tertiary/aromatic N) is 2. The first-order valence-corrected chi connectivity index (χ1v) is 8.13. The van der Waals surface area contributed by atoms with Crippen LogP contribution < -0.4 is 20.5 Å². The van der Waals surface area contributed by atoms with Gasteiger partial charge in [-0.15, -0.1) is 0 Å². The molecule has 0 aliphatic carbocycles. The van der Waals surface area contributed by atoms with E-state index in [4.69, 9.17) is 32.7 Å². The highest BCUT2D eigenvalue weighted by molar-refractivity contribution is 6.38. The van der Waals surface area contributed by atoms with Gasteiger partial charge in [0.05, 0.1) is 31.2 Å². The van der Waals surface area contributed by atoms with Crippen LogP contribution in [0.25, 0.3) is 0 Å². The molecule has 9 heteroatoms. The zero-order chi connectivity index (χ0) is 18.6. The molecule has 0 fully saturated rings. The normalized spacial score (nSPS) is 11.2. The van der Waals surface area contributed by atoms with Gasteiger partial charge in [-0.05, 0) is 12.0 Å². The van der Waals surface area contributed by atoms with Crippen molar-refractivity contribution in [2.75, 3.05) is 19.6 Å². The second kappa shape index (κ2) is 8.22. The highest BCUT2D eigenvalue weighted by atomic mass is 35.5. The molecule has 1 aromatic heterocycles. The number of halogens is 2. The van der Waals surface area contributed by atoms with Gasteiger partial charge in [0.15, 0.2) is 5.75 Å². The third-order valence-corrected chi connectivity index (χ3v) is 3.92. The summed E-state index contributed by atoms with van der Waals surface area (Å²) in [7, 11) is 2.94. The van der Waals surface area contributed by atoms with Crippen molar-refractivity contribution in [3.8, 4) is 11.5 Å². The van der Waals surface area contributed by atoms with Crippen LogP contribution in [0.3, 0.4) is 0 Å². The number of aromatic amines is 1. The maximum atomic E-state index is 11.7. The van der Waals surface area contributed by atoms with Gasteiger partial charge in [0.25, 0.3) is 5.56 Å². The Morgan fingerprint density at radius 1 is 1.24 bits per heavy atom. The first-order chi connectivity index (χ1) is 11.9. The fourth-order valence-electron chi connectivity index (χ4n) is 2.08. The van der Waals surface area contributed by atoms with Crippen LogP contribution in [0.15, 0.2) is 22.0 Å². The van der Waals surface area contributed by atoms with E-state index >= 15 is 0 Å². The molecular weight excluding hydrogens is 367 g/mol. The molecule has 0 amide bonds. The SMILES string of the molecule is COc1c(Cl)cc(/C=N\Nc2nc(C(C)C)cc(=O)[nH]2)c(OC)c1Cl. The quantitative estimate of drug-likeness (QED) is 0.585. The second-order valence-corrected chi connectivity index (χ2v) is 6.16. The Morgan fingerprint density at radius 3 is 2.52 bits per heavy atom. The number of benzene rings is 1. The molecule has 0 saturated heterocycles. The number of H-pyrrole nitrogens is 1. The van der Waals surface area contributed by atoms with Crippen molar-refractivity contribution in [1.82, 2.24) is 9.97 Å². The second-order valence-electron chi connectivity index (χ2n) is 5.37. The molecule has 25 heavy (non-hydrogen) atoms. The summed E-state index contributed by atoms with van der Waals surface area (Å²) < 4.78 is 10.4. The summed E-state index contributed by atoms with van der Waals surface area (Å²) in [6, 6.07) is 3.06. The predicted molar refractivity (Wildman–Crippen MR) is 99.7 cm³/mol. The molecule has 2 N–H and O–H groups in total. The largest absolute Gasteiger partial charge is 0.494 e. The van der Waals surface area contributed by atoms with Crippen molar-refractivity contribution in [2.24, 2.45) is 5.10 Å². The van der Waals surface area contributed by atoms with E-state index in [1.165, 1.54) is 26.5 Å². The minimum atomic E-state index is -0.260. The van der Waals surface area contributed by atoms with Crippen molar-refractivity contribution in [3.05, 3.63) is 43.8 Å². The van der Waals surface area contributed by atoms with Crippen LogP contribution >= 0.6 is 23.2 Å². The average Bonchev–Trinajstić information content (AvgIpc) is 2.54. The minimum absolute atomic E-state index is 0.117. The molecule has 0 spiro atoms. The van der Waals surface area contributed by atoms with Gasteiger partial charge < -0.3 is 9.47 Å². The highest BCUT2D eigenvalue weighted by Gasteiger charge is 2.16. The fraction of sp³-hybridized carbons (Fsp3) is 0.312. The summed E-state index contributed by atoms with van der Waals surface area (Å²) in [5, 5.41) is 4.62. The van der Waals surface area contributed by atoms with E-state index in [9.17, 15) is 4.79 Å². The Labute approximate surface area is 155 Å². The summed E-state index contributed by atoms with van der Waals surface area (Å²) in [6.45, 7) is 3.89. The number of aromatic nitrogens is 2. The Hall–Kier alpha value is -2.25. The van der Waals surface area contributed by atoms with Crippen molar-refractivity contribution in [3.63, 3.8) is 0 Å². The fourth-order valence-corrected chi connectivity index (χ4v) is 2.78. The van der Waals surface area contributed by atoms with E-state index in [-0.39, 0.29) is 22.4 Å². The zero-order valence-electron chi connectivity index (χ0n) is 14.2. The van der Waals surface area contributed by atoms with Crippen molar-refractivity contribution in [1.29, 1.82) is 0 Å². The zero-order valence-corrected chi connectivity index (χ0v) is 15.7. The van der Waals surface area contributed by atoms with Gasteiger partial charge in [-0.25, -0.2) is 10.4 Å². The Bertz CT molecular complexity index is 850. The Balaban J connectivity index is 2.30. The summed E-state index contributed by atoms with van der Waals surface area (Å²) in [5.41, 5.74) is 3.62. The molecule has 0 bridgehead atoms. The number of methoxy groups -OCH3 is 2. The topological polar surface area (TPSA) is 88.6 Å². The maximum Gasteiger partial charge on any atom is 0.252 e. The van der Waals surface area contributed by atoms with Crippen molar-refractivity contribution < 1.29 is 9.47 Å². The number of hydrogen-bond acceptors (Lipinski definition) is 6. The number of hydrogen-bond donors (Lipinski definition) is 2. The molecule has 1 heterocycles. The van der Waals surface area contributed by atoms with Crippen LogP contribution in [0.2, 0.25) is 10.0 Å². The van der Waals surface area contributed by atoms with Crippen LogP contribution in [0.4, 0.5) is 5.95 Å². The summed E-state index contributed by atoms with van der Waals surface area (Å²) in [6.07, 6.45) is 1.46. The van der Waals surface area contributed by atoms with Gasteiger partial charge in [-0.3, -0.25) is 9.78 Å². The van der Waals surface area contributed by atoms with Crippen LogP contribution in [-0.4, -0.2) is 30.4 Å². The van der Waals surface area contributed by atoms with E-state index in [1.807, 2.05) is 13.8 Å². The van der Waals surface area contributed by atoms with Crippen LogP contribution in [0, 0.1) is 0 Å². The molecule has 2 aromatic rings. The van der Waals surface area contributed by atoms with Crippen LogP contribution in [-0.2, 0) is 0 Å². The first kappa shape index (κ1) is 19.1. The molecule has 0 saturated carbocycles. The van der Waals surface area contributed by atoms with E-state index in [1.54, 1.807) is 6.07 Å². The van der Waals surface area contributed by atoms with Crippen LogP contribution in [0.5, 0.6) is 11.5 Å². The molecule has 0 aliphatic heterocycles. The van der Waals surface area contributed by atoms with E-state index in [2.05, 4.69) is 20.5 Å². The van der Waals surface area contributed by atoms with E-state index in [0.717, 1.165) is 0 Å². The summed E-state index contributed by atoms with van der Waals surface area (Å²) in [5.74, 6) is 1.04. The monoisotopic (exact) mass is 384 g/mol. The molecule has 134 valence electrons. The number of anilines is 1. The summed E-state index contributed by atoms with van der Waals surface area (Å²) in [4.78, 5) is 18.5. The average molecular weight is 385 g/mol. The summed E-state index contributed by atoms with van der Waals surface area (Å²) >= 11 is 12.3. The number of nitrogens with one attached hydrogen (secondary N) is 2. The van der Waals surface area contributed by atoms with Crippen molar-refractivity contribution >= 4 is 35.4 Å². The third-order valence-electron chi connectivity index (χ3n) is 3.30. The Morgan fingerprint density at radius 2 is 1.92 bits per heavy atom. The predicted octanol–water partition coefficient (Wildman–Crippen LogP) is 3.66. The molecule has 7 nitrogen and oxygen atoms in total. The lowest BCUT2D eigenvalue weighted by atomic mass is 10.1. The first-order valence-electron chi connectivity index (χ1n) is 7.37. The Kier molecular flexibility index (Phi) is 6.27. The maximum absolute atomic E-state index is 11.7. The van der Waals surface area contributed by atoms with Gasteiger partial charge >= 0.3 is 0 Å². The van der Waals surface area contributed by atoms with E-state index in [0.29, 0.717) is 27.8 Å². The van der Waals surface area contributed by atoms with Crippen molar-refractivity contribution in [2.45, 2.75) is 19.8 Å². The minimum Gasteiger partial charge on any atom is -0.494 e. The highest BCUT2D eigenvalue weighted by Crippen LogP contribution is 2.41. The van der Waals surface area contributed by atoms with Gasteiger partial charge in [0, 0.05) is 11.6 Å².